The van der Waals surface area contributed by atoms with Crippen molar-refractivity contribution in [2.75, 3.05) is 26.3 Å². The van der Waals surface area contributed by atoms with Crippen LogP contribution in [0.1, 0.15) is 39.0 Å². The fraction of sp³-hybridized carbons (Fsp3) is 0.769. The van der Waals surface area contributed by atoms with Crippen LogP contribution in [0.15, 0.2) is 11.8 Å². The number of hydrogen-bond donors (Lipinski definition) is 0. The Bertz CT molecular complexity index is 249. The minimum absolute atomic E-state index is 0.783. The van der Waals surface area contributed by atoms with Crippen molar-refractivity contribution >= 4 is 0 Å². The molecule has 0 N–H and O–H groups in total. The maximum absolute atomic E-state index is 9.04. The fourth-order valence-corrected chi connectivity index (χ4v) is 1.82. The zero-order valence-corrected chi connectivity index (χ0v) is 10.2. The van der Waals surface area contributed by atoms with Gasteiger partial charge in [0, 0.05) is 24.9 Å². The van der Waals surface area contributed by atoms with Crippen LogP contribution in [-0.2, 0) is 4.74 Å². The number of allylic oxidation sites excluding steroid dienone is 1. The van der Waals surface area contributed by atoms with Crippen LogP contribution in [0.3, 0.4) is 0 Å². The molecule has 0 atom stereocenters. The lowest BCUT2D eigenvalue weighted by Crippen LogP contribution is -2.32. The quantitative estimate of drug-likeness (QED) is 0.512. The molecule has 0 saturated carbocycles. The lowest BCUT2D eigenvalue weighted by Gasteiger charge is -2.25. The Morgan fingerprint density at radius 2 is 2.06 bits per heavy atom. The molecule has 0 spiro atoms. The van der Waals surface area contributed by atoms with Gasteiger partial charge in [-0.05, 0) is 12.8 Å². The van der Waals surface area contributed by atoms with Gasteiger partial charge in [0.1, 0.15) is 0 Å². The highest BCUT2D eigenvalue weighted by Crippen LogP contribution is 2.11. The van der Waals surface area contributed by atoms with Gasteiger partial charge in [0.25, 0.3) is 0 Å². The Hall–Kier alpha value is -1.01. The number of ether oxygens (including phenoxy) is 1. The van der Waals surface area contributed by atoms with Crippen LogP contribution in [0, 0.1) is 11.3 Å². The second kappa shape index (κ2) is 8.18. The molecule has 1 fully saturated rings. The van der Waals surface area contributed by atoms with E-state index in [2.05, 4.69) is 17.9 Å². The molecule has 16 heavy (non-hydrogen) atoms. The molecule has 1 aliphatic rings. The van der Waals surface area contributed by atoms with E-state index in [0.29, 0.717) is 0 Å². The van der Waals surface area contributed by atoms with Gasteiger partial charge in [-0.15, -0.1) is 0 Å². The molecule has 3 nitrogen and oxygen atoms in total. The first-order valence-electron chi connectivity index (χ1n) is 6.29. The predicted octanol–water partition coefficient (Wildman–Crippen LogP) is 2.70. The van der Waals surface area contributed by atoms with Crippen molar-refractivity contribution in [3.05, 3.63) is 11.8 Å². The zero-order valence-electron chi connectivity index (χ0n) is 10.2. The molecule has 1 heterocycles. The average molecular weight is 222 g/mol. The minimum atomic E-state index is 0.783. The largest absolute Gasteiger partial charge is 0.378 e. The van der Waals surface area contributed by atoms with Crippen molar-refractivity contribution in [3.8, 4) is 6.07 Å². The van der Waals surface area contributed by atoms with E-state index >= 15 is 0 Å². The van der Waals surface area contributed by atoms with Crippen LogP contribution in [0.25, 0.3) is 0 Å². The van der Waals surface area contributed by atoms with Gasteiger partial charge in [-0.3, -0.25) is 0 Å². The Morgan fingerprint density at radius 1 is 1.31 bits per heavy atom. The van der Waals surface area contributed by atoms with Gasteiger partial charge in [0.15, 0.2) is 0 Å². The number of nitrogens with zero attached hydrogens (tertiary/aromatic N) is 2. The molecule has 0 bridgehead atoms. The van der Waals surface area contributed by atoms with Gasteiger partial charge in [-0.1, -0.05) is 26.2 Å². The van der Waals surface area contributed by atoms with Crippen molar-refractivity contribution in [3.63, 3.8) is 0 Å². The van der Waals surface area contributed by atoms with Gasteiger partial charge >= 0.3 is 0 Å². The van der Waals surface area contributed by atoms with E-state index in [9.17, 15) is 0 Å². The standard InChI is InChI=1S/C13H22N2O/c1-2-3-4-5-6-13(11-14)12-15-7-9-16-10-8-15/h12H,2-10H2,1H3/b13-12-. The van der Waals surface area contributed by atoms with Crippen LogP contribution in [0.4, 0.5) is 0 Å². The highest BCUT2D eigenvalue weighted by atomic mass is 16.5. The maximum atomic E-state index is 9.04. The highest BCUT2D eigenvalue weighted by Gasteiger charge is 2.07. The van der Waals surface area contributed by atoms with Crippen molar-refractivity contribution < 1.29 is 4.74 Å². The Kier molecular flexibility index (Phi) is 6.67. The summed E-state index contributed by atoms with van der Waals surface area (Å²) in [6, 6.07) is 2.30. The fourth-order valence-electron chi connectivity index (χ4n) is 1.82. The lowest BCUT2D eigenvalue weighted by molar-refractivity contribution is 0.0590. The molecule has 0 aliphatic carbocycles. The Morgan fingerprint density at radius 3 is 2.69 bits per heavy atom. The number of rotatable bonds is 6. The third-order valence-electron chi connectivity index (χ3n) is 2.83. The third-order valence-corrected chi connectivity index (χ3v) is 2.83. The van der Waals surface area contributed by atoms with Crippen molar-refractivity contribution in [2.24, 2.45) is 0 Å². The molecule has 1 aliphatic heterocycles. The third kappa shape index (κ3) is 5.18. The number of unbranched alkanes of at least 4 members (excludes halogenated alkanes) is 3. The van der Waals surface area contributed by atoms with Gasteiger partial charge in [-0.2, -0.15) is 5.26 Å². The van der Waals surface area contributed by atoms with E-state index in [4.69, 9.17) is 10.00 Å². The molecule has 0 aromatic rings. The Labute approximate surface area is 98.7 Å². The molecule has 0 aromatic heterocycles. The molecule has 3 heteroatoms. The summed E-state index contributed by atoms with van der Waals surface area (Å²) in [5.74, 6) is 0. The summed E-state index contributed by atoms with van der Waals surface area (Å²) in [5, 5.41) is 9.04. The molecule has 0 aromatic carbocycles. The second-order valence-electron chi connectivity index (χ2n) is 4.23. The van der Waals surface area contributed by atoms with E-state index < -0.39 is 0 Å². The first kappa shape index (κ1) is 13.1. The Balaban J connectivity index is 2.28. The van der Waals surface area contributed by atoms with Gasteiger partial charge in [0.05, 0.1) is 19.3 Å². The summed E-state index contributed by atoms with van der Waals surface area (Å²) in [6.07, 6.45) is 7.84. The van der Waals surface area contributed by atoms with Crippen LogP contribution >= 0.6 is 0 Å². The summed E-state index contributed by atoms with van der Waals surface area (Å²) in [4.78, 5) is 2.20. The molecule has 0 unspecified atom stereocenters. The second-order valence-corrected chi connectivity index (χ2v) is 4.23. The topological polar surface area (TPSA) is 36.3 Å². The summed E-state index contributed by atoms with van der Waals surface area (Å²) < 4.78 is 5.27. The average Bonchev–Trinajstić information content (AvgIpc) is 2.34. The summed E-state index contributed by atoms with van der Waals surface area (Å²) in [6.45, 7) is 5.60. The number of nitriles is 1. The molecular weight excluding hydrogens is 200 g/mol. The molecule has 0 radical (unpaired) electrons. The van der Waals surface area contributed by atoms with Gasteiger partial charge < -0.3 is 9.64 Å². The van der Waals surface area contributed by atoms with Crippen LogP contribution in [-0.4, -0.2) is 31.2 Å². The summed E-state index contributed by atoms with van der Waals surface area (Å²) >= 11 is 0. The maximum Gasteiger partial charge on any atom is 0.0962 e. The lowest BCUT2D eigenvalue weighted by atomic mass is 10.1. The molecule has 90 valence electrons. The number of morpholine rings is 1. The molecule has 0 amide bonds. The first-order chi connectivity index (χ1) is 7.86. The SMILES string of the molecule is CCCCCC/C(C#N)=C/N1CCOCC1. The number of hydrogen-bond acceptors (Lipinski definition) is 3. The molecule has 1 rings (SSSR count). The summed E-state index contributed by atoms with van der Waals surface area (Å²) in [7, 11) is 0. The zero-order chi connectivity index (χ0) is 11.6. The van der Waals surface area contributed by atoms with Crippen molar-refractivity contribution in [1.82, 2.24) is 4.90 Å². The summed E-state index contributed by atoms with van der Waals surface area (Å²) in [5.41, 5.74) is 0.915. The van der Waals surface area contributed by atoms with Crippen LogP contribution < -0.4 is 0 Å². The van der Waals surface area contributed by atoms with E-state index in [1.54, 1.807) is 0 Å². The van der Waals surface area contributed by atoms with Crippen LogP contribution in [0.5, 0.6) is 0 Å². The molecule has 1 saturated heterocycles. The smallest absolute Gasteiger partial charge is 0.0962 e. The molecular formula is C13H22N2O. The highest BCUT2D eigenvalue weighted by molar-refractivity contribution is 5.19. The monoisotopic (exact) mass is 222 g/mol. The first-order valence-corrected chi connectivity index (χ1v) is 6.29. The predicted molar refractivity (Wildman–Crippen MR) is 64.8 cm³/mol. The van der Waals surface area contributed by atoms with Crippen LogP contribution in [0.2, 0.25) is 0 Å². The van der Waals surface area contributed by atoms with E-state index in [1.165, 1.54) is 19.3 Å². The minimum Gasteiger partial charge on any atom is -0.378 e. The van der Waals surface area contributed by atoms with E-state index in [1.807, 2.05) is 6.20 Å². The van der Waals surface area contributed by atoms with E-state index in [-0.39, 0.29) is 0 Å². The normalized spacial score (nSPS) is 17.2. The van der Waals surface area contributed by atoms with Gasteiger partial charge in [0.2, 0.25) is 0 Å². The van der Waals surface area contributed by atoms with Crippen molar-refractivity contribution in [1.29, 1.82) is 5.26 Å². The van der Waals surface area contributed by atoms with Crippen molar-refractivity contribution in [2.45, 2.75) is 39.0 Å². The van der Waals surface area contributed by atoms with Gasteiger partial charge in [-0.25, -0.2) is 0 Å². The van der Waals surface area contributed by atoms with E-state index in [0.717, 1.165) is 44.7 Å².